The number of aliphatic hydroxyl groups is 1. The lowest BCUT2D eigenvalue weighted by Crippen LogP contribution is -2.34. The second-order valence-electron chi connectivity index (χ2n) is 8.05. The summed E-state index contributed by atoms with van der Waals surface area (Å²) in [5, 5.41) is 13.9. The molecule has 0 amide bonds. The fourth-order valence-corrected chi connectivity index (χ4v) is 3.62. The lowest BCUT2D eigenvalue weighted by molar-refractivity contribution is -0.143. The molecular weight excluding hydrogens is 522 g/mol. The minimum absolute atomic E-state index is 0.173. The van der Waals surface area contributed by atoms with Gasteiger partial charge in [-0.05, 0) is 31.0 Å². The molecule has 0 aliphatic carbocycles. The Kier molecular flexibility index (Phi) is 12.6. The molecule has 0 radical (unpaired) electrons. The minimum atomic E-state index is -0.624. The van der Waals surface area contributed by atoms with Gasteiger partial charge in [0.05, 0.1) is 34.0 Å². The lowest BCUT2D eigenvalue weighted by atomic mass is 10.0. The standard InChI is InChI=1S/C26H32ClNO10/c1-16(28-21(12-29)17-6-5-7-18(27)9-17)8-20-22(37-14-25(31)34-3)10-19(36-13-24(30)33-2)11-23(20)38-15-26(32)35-4/h5-7,9-11,16,21,28-29H,8,12-15H2,1-4H3. The zero-order valence-corrected chi connectivity index (χ0v) is 22.4. The van der Waals surface area contributed by atoms with Crippen LogP contribution in [0.5, 0.6) is 17.2 Å². The first-order valence-electron chi connectivity index (χ1n) is 11.6. The van der Waals surface area contributed by atoms with E-state index in [1.807, 2.05) is 13.0 Å². The molecular formula is C26H32ClNO10. The number of carbonyl (C=O) groups excluding carboxylic acids is 3. The van der Waals surface area contributed by atoms with E-state index >= 15 is 0 Å². The molecule has 2 aromatic carbocycles. The lowest BCUT2D eigenvalue weighted by Gasteiger charge is -2.24. The van der Waals surface area contributed by atoms with Gasteiger partial charge in [-0.1, -0.05) is 23.7 Å². The number of aliphatic hydroxyl groups excluding tert-OH is 1. The van der Waals surface area contributed by atoms with Crippen molar-refractivity contribution in [3.05, 3.63) is 52.5 Å². The zero-order chi connectivity index (χ0) is 28.1. The van der Waals surface area contributed by atoms with Crippen LogP contribution in [0.2, 0.25) is 5.02 Å². The van der Waals surface area contributed by atoms with E-state index in [4.69, 9.17) is 25.8 Å². The summed E-state index contributed by atoms with van der Waals surface area (Å²) in [4.78, 5) is 35.1. The number of carbonyl (C=O) groups is 3. The summed E-state index contributed by atoms with van der Waals surface area (Å²) in [7, 11) is 3.68. The monoisotopic (exact) mass is 553 g/mol. The number of hydrogen-bond acceptors (Lipinski definition) is 11. The third-order valence-electron chi connectivity index (χ3n) is 5.30. The van der Waals surface area contributed by atoms with Crippen molar-refractivity contribution in [3.8, 4) is 17.2 Å². The molecule has 0 spiro atoms. The molecule has 0 aromatic heterocycles. The normalized spacial score (nSPS) is 12.2. The Morgan fingerprint density at radius 1 is 0.868 bits per heavy atom. The maximum absolute atomic E-state index is 11.8. The van der Waals surface area contributed by atoms with Gasteiger partial charge in [-0.2, -0.15) is 0 Å². The van der Waals surface area contributed by atoms with Gasteiger partial charge in [0, 0.05) is 28.8 Å². The highest BCUT2D eigenvalue weighted by atomic mass is 35.5. The van der Waals surface area contributed by atoms with Crippen LogP contribution in [0.4, 0.5) is 0 Å². The summed E-state index contributed by atoms with van der Waals surface area (Å²) in [5.41, 5.74) is 1.29. The van der Waals surface area contributed by atoms with Gasteiger partial charge in [0.1, 0.15) is 17.2 Å². The molecule has 11 nitrogen and oxygen atoms in total. The van der Waals surface area contributed by atoms with Crippen molar-refractivity contribution in [2.24, 2.45) is 0 Å². The predicted octanol–water partition coefficient (Wildman–Crippen LogP) is 2.25. The average molecular weight is 554 g/mol. The Morgan fingerprint density at radius 2 is 1.39 bits per heavy atom. The molecule has 0 saturated carbocycles. The first kappa shape index (κ1) is 30.7. The number of rotatable bonds is 15. The van der Waals surface area contributed by atoms with Gasteiger partial charge in [-0.15, -0.1) is 0 Å². The molecule has 208 valence electrons. The van der Waals surface area contributed by atoms with Crippen LogP contribution in [-0.4, -0.2) is 76.8 Å². The molecule has 2 aromatic rings. The topological polar surface area (TPSA) is 139 Å². The Hall–Kier alpha value is -3.54. The maximum atomic E-state index is 11.8. The van der Waals surface area contributed by atoms with Crippen LogP contribution in [0.1, 0.15) is 24.1 Å². The van der Waals surface area contributed by atoms with Crippen LogP contribution < -0.4 is 19.5 Å². The van der Waals surface area contributed by atoms with Gasteiger partial charge in [-0.3, -0.25) is 0 Å². The molecule has 0 bridgehead atoms. The van der Waals surface area contributed by atoms with E-state index in [9.17, 15) is 19.5 Å². The van der Waals surface area contributed by atoms with Gasteiger partial charge >= 0.3 is 17.9 Å². The number of esters is 3. The van der Waals surface area contributed by atoms with E-state index in [-0.39, 0.29) is 36.3 Å². The van der Waals surface area contributed by atoms with E-state index < -0.39 is 43.8 Å². The van der Waals surface area contributed by atoms with Crippen LogP contribution in [0.15, 0.2) is 36.4 Å². The van der Waals surface area contributed by atoms with Crippen molar-refractivity contribution in [2.75, 3.05) is 47.8 Å². The number of hydrogen-bond donors (Lipinski definition) is 2. The molecule has 2 atom stereocenters. The van der Waals surface area contributed by atoms with Crippen molar-refractivity contribution >= 4 is 29.5 Å². The maximum Gasteiger partial charge on any atom is 0.343 e. The SMILES string of the molecule is COC(=O)COc1cc(OCC(=O)OC)c(CC(C)NC(CO)c2cccc(Cl)c2)c(OCC(=O)OC)c1. The first-order chi connectivity index (χ1) is 18.2. The third kappa shape index (κ3) is 9.73. The zero-order valence-electron chi connectivity index (χ0n) is 21.7. The van der Waals surface area contributed by atoms with Crippen molar-refractivity contribution in [1.82, 2.24) is 5.32 Å². The highest BCUT2D eigenvalue weighted by molar-refractivity contribution is 6.30. The third-order valence-corrected chi connectivity index (χ3v) is 5.54. The molecule has 12 heteroatoms. The molecule has 2 N–H and O–H groups in total. The smallest absolute Gasteiger partial charge is 0.343 e. The molecule has 38 heavy (non-hydrogen) atoms. The second kappa shape index (κ2) is 15.7. The fourth-order valence-electron chi connectivity index (χ4n) is 3.42. The number of nitrogens with one attached hydrogen (secondary N) is 1. The molecule has 0 aliphatic rings. The quantitative estimate of drug-likeness (QED) is 0.248. The van der Waals surface area contributed by atoms with Gasteiger partial charge in [0.2, 0.25) is 0 Å². The van der Waals surface area contributed by atoms with E-state index in [1.54, 1.807) is 18.2 Å². The predicted molar refractivity (Wildman–Crippen MR) is 137 cm³/mol. The molecule has 0 saturated heterocycles. The van der Waals surface area contributed by atoms with Crippen molar-refractivity contribution < 1.29 is 47.9 Å². The summed E-state index contributed by atoms with van der Waals surface area (Å²) < 4.78 is 30.8. The van der Waals surface area contributed by atoms with Gasteiger partial charge in [-0.25, -0.2) is 14.4 Å². The number of halogens is 1. The summed E-state index contributed by atoms with van der Waals surface area (Å²) >= 11 is 6.11. The summed E-state index contributed by atoms with van der Waals surface area (Å²) in [5.74, 6) is -1.28. The Morgan fingerprint density at radius 3 is 1.87 bits per heavy atom. The minimum Gasteiger partial charge on any atom is -0.482 e. The summed E-state index contributed by atoms with van der Waals surface area (Å²) in [6.07, 6.45) is 0.279. The van der Waals surface area contributed by atoms with Crippen molar-refractivity contribution in [3.63, 3.8) is 0 Å². The number of methoxy groups -OCH3 is 3. The van der Waals surface area contributed by atoms with E-state index in [1.165, 1.54) is 33.5 Å². The van der Waals surface area contributed by atoms with E-state index in [0.717, 1.165) is 5.56 Å². The van der Waals surface area contributed by atoms with E-state index in [0.29, 0.717) is 10.6 Å². The number of ether oxygens (including phenoxy) is 6. The van der Waals surface area contributed by atoms with Gasteiger partial charge in [0.15, 0.2) is 19.8 Å². The van der Waals surface area contributed by atoms with Crippen LogP contribution in [0.25, 0.3) is 0 Å². The van der Waals surface area contributed by atoms with Crippen molar-refractivity contribution in [2.45, 2.75) is 25.4 Å². The van der Waals surface area contributed by atoms with Crippen LogP contribution in [0, 0.1) is 0 Å². The van der Waals surface area contributed by atoms with Crippen LogP contribution >= 0.6 is 11.6 Å². The fraction of sp³-hybridized carbons (Fsp3) is 0.423. The Balaban J connectivity index is 2.40. The molecule has 0 heterocycles. The van der Waals surface area contributed by atoms with Crippen LogP contribution in [-0.2, 0) is 35.0 Å². The molecule has 2 unspecified atom stereocenters. The number of benzene rings is 2. The second-order valence-corrected chi connectivity index (χ2v) is 8.49. The Bertz CT molecular complexity index is 1050. The first-order valence-corrected chi connectivity index (χ1v) is 12.0. The molecule has 0 aliphatic heterocycles. The largest absolute Gasteiger partial charge is 0.482 e. The van der Waals surface area contributed by atoms with E-state index in [2.05, 4.69) is 19.5 Å². The molecule has 0 fully saturated rings. The van der Waals surface area contributed by atoms with Gasteiger partial charge in [0.25, 0.3) is 0 Å². The highest BCUT2D eigenvalue weighted by Gasteiger charge is 2.22. The summed E-state index contributed by atoms with van der Waals surface area (Å²) in [6.45, 7) is 0.470. The van der Waals surface area contributed by atoms with Crippen LogP contribution in [0.3, 0.4) is 0 Å². The Labute approximate surface area is 225 Å². The van der Waals surface area contributed by atoms with Crippen molar-refractivity contribution in [1.29, 1.82) is 0 Å². The average Bonchev–Trinajstić information content (AvgIpc) is 2.92. The summed E-state index contributed by atoms with van der Waals surface area (Å²) in [6, 6.07) is 9.40. The highest BCUT2D eigenvalue weighted by Crippen LogP contribution is 2.36. The van der Waals surface area contributed by atoms with Gasteiger partial charge < -0.3 is 38.8 Å². The molecule has 2 rings (SSSR count).